The summed E-state index contributed by atoms with van der Waals surface area (Å²) in [6, 6.07) is 17.4. The summed E-state index contributed by atoms with van der Waals surface area (Å²) in [6.45, 7) is 9.62. The largest absolute Gasteiger partial charge is 0.466 e. The monoisotopic (exact) mass is 514 g/mol. The molecule has 3 heterocycles. The van der Waals surface area contributed by atoms with Gasteiger partial charge in [-0.2, -0.15) is 0 Å². The normalized spacial score (nSPS) is 12.0. The number of carbonyl (C=O) groups excluding carboxylic acids is 1. The Morgan fingerprint density at radius 2 is 1.86 bits per heavy atom. The molecule has 3 aromatic heterocycles. The number of nitrogens with zero attached hydrogens (tertiary/aromatic N) is 2. The highest BCUT2D eigenvalue weighted by Gasteiger charge is 2.19. The predicted molar refractivity (Wildman–Crippen MR) is 151 cm³/mol. The van der Waals surface area contributed by atoms with Gasteiger partial charge in [-0.1, -0.05) is 39.0 Å². The van der Waals surface area contributed by atoms with Crippen LogP contribution in [0.1, 0.15) is 63.8 Å². The summed E-state index contributed by atoms with van der Waals surface area (Å²) in [4.78, 5) is 16.4. The van der Waals surface area contributed by atoms with E-state index in [2.05, 4.69) is 85.4 Å². The Bertz CT molecular complexity index is 1530. The summed E-state index contributed by atoms with van der Waals surface area (Å²) < 4.78 is 13.5. The first kappa shape index (κ1) is 25.3. The van der Waals surface area contributed by atoms with Crippen LogP contribution in [0, 0.1) is 0 Å². The van der Waals surface area contributed by atoms with Gasteiger partial charge in [-0.3, -0.25) is 4.79 Å². The number of ether oxygens (including phenoxy) is 1. The second-order valence-corrected chi connectivity index (χ2v) is 11.5. The van der Waals surface area contributed by atoms with Crippen molar-refractivity contribution in [3.8, 4) is 10.8 Å². The van der Waals surface area contributed by atoms with Crippen molar-refractivity contribution >= 4 is 39.2 Å². The molecule has 37 heavy (non-hydrogen) atoms. The number of carbonyl (C=O) groups is 1. The van der Waals surface area contributed by atoms with Crippen molar-refractivity contribution in [2.24, 2.45) is 0 Å². The van der Waals surface area contributed by atoms with Crippen molar-refractivity contribution in [2.75, 3.05) is 6.61 Å². The van der Waals surface area contributed by atoms with Crippen LogP contribution in [0.15, 0.2) is 64.5 Å². The van der Waals surface area contributed by atoms with Gasteiger partial charge in [0.15, 0.2) is 10.8 Å². The van der Waals surface area contributed by atoms with Crippen LogP contribution >= 0.6 is 11.3 Å². The molecule has 0 radical (unpaired) electrons. The number of rotatable bonds is 9. The summed E-state index contributed by atoms with van der Waals surface area (Å²) in [5.74, 6) is 0.724. The van der Waals surface area contributed by atoms with Gasteiger partial charge in [-0.05, 0) is 73.0 Å². The molecule has 6 heteroatoms. The minimum atomic E-state index is -0.102. The van der Waals surface area contributed by atoms with Crippen LogP contribution < -0.4 is 0 Å². The third kappa shape index (κ3) is 5.80. The highest BCUT2D eigenvalue weighted by Crippen LogP contribution is 2.33. The molecule has 0 aliphatic carbocycles. The molecular formula is C31H34N2O3S. The van der Waals surface area contributed by atoms with Crippen molar-refractivity contribution in [3.63, 3.8) is 0 Å². The number of fused-ring (bicyclic) bond motifs is 2. The lowest BCUT2D eigenvalue weighted by atomic mass is 9.93. The summed E-state index contributed by atoms with van der Waals surface area (Å²) in [5, 5.41) is 5.38. The first-order chi connectivity index (χ1) is 17.8. The van der Waals surface area contributed by atoms with Crippen LogP contribution in [0.2, 0.25) is 0 Å². The average Bonchev–Trinajstić information content (AvgIpc) is 3.60. The minimum absolute atomic E-state index is 0.0238. The SMILES string of the molecule is CCOC(=O)CCCCc1ccc2ccn(Cc3ccc4oc(-c5nc(C(C)(C)C)cs5)cc4c3)c2c1. The second kappa shape index (κ2) is 10.5. The quantitative estimate of drug-likeness (QED) is 0.147. The van der Waals surface area contributed by atoms with Gasteiger partial charge in [-0.25, -0.2) is 4.98 Å². The first-order valence-electron chi connectivity index (χ1n) is 13.0. The van der Waals surface area contributed by atoms with Gasteiger partial charge < -0.3 is 13.7 Å². The average molecular weight is 515 g/mol. The number of hydrogen-bond donors (Lipinski definition) is 0. The molecule has 0 fully saturated rings. The molecule has 5 aromatic rings. The molecule has 5 rings (SSSR count). The van der Waals surface area contributed by atoms with E-state index >= 15 is 0 Å². The topological polar surface area (TPSA) is 57.3 Å². The molecule has 0 saturated carbocycles. The third-order valence-corrected chi connectivity index (χ3v) is 7.51. The summed E-state index contributed by atoms with van der Waals surface area (Å²) in [7, 11) is 0. The molecule has 2 aromatic carbocycles. The van der Waals surface area contributed by atoms with E-state index in [4.69, 9.17) is 14.1 Å². The zero-order chi connectivity index (χ0) is 26.0. The maximum absolute atomic E-state index is 11.6. The Kier molecular flexibility index (Phi) is 7.20. The van der Waals surface area contributed by atoms with Crippen LogP contribution in [0.5, 0.6) is 0 Å². The minimum Gasteiger partial charge on any atom is -0.466 e. The number of hydrogen-bond acceptors (Lipinski definition) is 5. The highest BCUT2D eigenvalue weighted by atomic mass is 32.1. The Labute approximate surface area is 222 Å². The number of aryl methyl sites for hydroxylation is 1. The number of furan rings is 1. The van der Waals surface area contributed by atoms with Gasteiger partial charge in [0.05, 0.1) is 12.3 Å². The summed E-state index contributed by atoms with van der Waals surface area (Å²) >= 11 is 1.63. The molecule has 0 spiro atoms. The van der Waals surface area contributed by atoms with E-state index in [-0.39, 0.29) is 11.4 Å². The van der Waals surface area contributed by atoms with Crippen molar-refractivity contribution < 1.29 is 13.9 Å². The van der Waals surface area contributed by atoms with E-state index in [1.807, 2.05) is 6.92 Å². The maximum atomic E-state index is 11.6. The standard InChI is InChI=1S/C31H34N2O3S/c1-5-35-29(34)9-7-6-8-21-10-12-23-14-15-33(25(23)17-21)19-22-11-13-26-24(16-22)18-27(36-26)30-32-28(20-37-30)31(2,3)4/h10-18,20H,5-9,19H2,1-4H3. The highest BCUT2D eigenvalue weighted by molar-refractivity contribution is 7.13. The fraction of sp³-hybridized carbons (Fsp3) is 0.355. The van der Waals surface area contributed by atoms with Crippen LogP contribution in [-0.4, -0.2) is 22.1 Å². The number of unbranched alkanes of at least 4 members (excludes halogenated alkanes) is 1. The number of thiazole rings is 1. The zero-order valence-corrected chi connectivity index (χ0v) is 22.9. The van der Waals surface area contributed by atoms with E-state index in [0.717, 1.165) is 53.2 Å². The van der Waals surface area contributed by atoms with Crippen molar-refractivity contribution in [2.45, 2.75) is 65.3 Å². The lowest BCUT2D eigenvalue weighted by molar-refractivity contribution is -0.143. The van der Waals surface area contributed by atoms with Gasteiger partial charge >= 0.3 is 5.97 Å². The predicted octanol–water partition coefficient (Wildman–Crippen LogP) is 8.13. The Morgan fingerprint density at radius 3 is 2.65 bits per heavy atom. The van der Waals surface area contributed by atoms with Gasteiger partial charge in [0.25, 0.3) is 0 Å². The number of esters is 1. The molecule has 192 valence electrons. The molecular weight excluding hydrogens is 480 g/mol. The zero-order valence-electron chi connectivity index (χ0n) is 22.0. The Morgan fingerprint density at radius 1 is 1.03 bits per heavy atom. The van der Waals surface area contributed by atoms with E-state index in [9.17, 15) is 4.79 Å². The van der Waals surface area contributed by atoms with Gasteiger partial charge in [0.1, 0.15) is 5.58 Å². The maximum Gasteiger partial charge on any atom is 0.305 e. The van der Waals surface area contributed by atoms with E-state index in [1.54, 1.807) is 11.3 Å². The Balaban J connectivity index is 1.30. The molecule has 5 nitrogen and oxygen atoms in total. The van der Waals surface area contributed by atoms with Crippen LogP contribution in [0.4, 0.5) is 0 Å². The first-order valence-corrected chi connectivity index (χ1v) is 13.9. The lowest BCUT2D eigenvalue weighted by Crippen LogP contribution is -2.11. The molecule has 0 saturated heterocycles. The van der Waals surface area contributed by atoms with Crippen LogP contribution in [0.3, 0.4) is 0 Å². The Hall–Kier alpha value is -3.38. The van der Waals surface area contributed by atoms with Gasteiger partial charge in [0.2, 0.25) is 0 Å². The van der Waals surface area contributed by atoms with Gasteiger partial charge in [0, 0.05) is 40.9 Å². The van der Waals surface area contributed by atoms with Gasteiger partial charge in [-0.15, -0.1) is 11.3 Å². The number of aromatic nitrogens is 2. The second-order valence-electron chi connectivity index (χ2n) is 10.6. The molecule has 0 amide bonds. The molecule has 0 bridgehead atoms. The fourth-order valence-electron chi connectivity index (χ4n) is 4.58. The molecule has 0 aliphatic rings. The van der Waals surface area contributed by atoms with E-state index in [1.165, 1.54) is 22.0 Å². The molecule has 0 atom stereocenters. The smallest absolute Gasteiger partial charge is 0.305 e. The molecule has 0 unspecified atom stereocenters. The summed E-state index contributed by atoms with van der Waals surface area (Å²) in [5.41, 5.74) is 5.75. The van der Waals surface area contributed by atoms with Crippen LogP contribution in [-0.2, 0) is 27.9 Å². The van der Waals surface area contributed by atoms with E-state index < -0.39 is 0 Å². The number of benzene rings is 2. The van der Waals surface area contributed by atoms with Crippen LogP contribution in [0.25, 0.3) is 32.6 Å². The van der Waals surface area contributed by atoms with Crippen molar-refractivity contribution in [1.82, 2.24) is 9.55 Å². The summed E-state index contributed by atoms with van der Waals surface area (Å²) in [6.07, 6.45) is 5.43. The van der Waals surface area contributed by atoms with E-state index in [0.29, 0.717) is 13.0 Å². The third-order valence-electron chi connectivity index (χ3n) is 6.66. The molecule has 0 aliphatic heterocycles. The molecule has 0 N–H and O–H groups in total. The van der Waals surface area contributed by atoms with Crippen molar-refractivity contribution in [3.05, 3.63) is 76.9 Å². The lowest BCUT2D eigenvalue weighted by Gasteiger charge is -2.13. The van der Waals surface area contributed by atoms with Crippen molar-refractivity contribution in [1.29, 1.82) is 0 Å². The fourth-order valence-corrected chi connectivity index (χ4v) is 5.58.